The van der Waals surface area contributed by atoms with E-state index in [1.54, 1.807) is 6.92 Å². The van der Waals surface area contributed by atoms with Gasteiger partial charge in [-0.2, -0.15) is 18.4 Å². The molecule has 0 spiro atoms. The lowest BCUT2D eigenvalue weighted by atomic mass is 10.1. The number of aromatic nitrogens is 1. The fourth-order valence-electron chi connectivity index (χ4n) is 1.63. The van der Waals surface area contributed by atoms with Crippen LogP contribution >= 0.6 is 0 Å². The molecule has 2 aromatic rings. The predicted molar refractivity (Wildman–Crippen MR) is 56.2 cm³/mol. The minimum Gasteiger partial charge on any atom is -0.253 e. The molecule has 0 aliphatic rings. The van der Waals surface area contributed by atoms with Crippen LogP contribution in [-0.2, 0) is 6.18 Å². The van der Waals surface area contributed by atoms with E-state index in [4.69, 9.17) is 5.26 Å². The number of nitrogens with zero attached hydrogens (tertiary/aromatic N) is 2. The number of halogens is 3. The SMILES string of the molecule is Cc1cc(C#N)c2cc(C(F)(F)F)ccc2n1. The van der Waals surface area contributed by atoms with Gasteiger partial charge in [0.05, 0.1) is 22.7 Å². The monoisotopic (exact) mass is 236 g/mol. The predicted octanol–water partition coefficient (Wildman–Crippen LogP) is 3.43. The zero-order valence-corrected chi connectivity index (χ0v) is 8.84. The molecule has 0 saturated heterocycles. The summed E-state index contributed by atoms with van der Waals surface area (Å²) < 4.78 is 37.6. The summed E-state index contributed by atoms with van der Waals surface area (Å²) in [5.41, 5.74) is 0.439. The van der Waals surface area contributed by atoms with Crippen LogP contribution in [0.5, 0.6) is 0 Å². The van der Waals surface area contributed by atoms with Gasteiger partial charge in [-0.3, -0.25) is 4.98 Å². The minimum absolute atomic E-state index is 0.207. The van der Waals surface area contributed by atoms with Crippen molar-refractivity contribution in [1.82, 2.24) is 4.98 Å². The van der Waals surface area contributed by atoms with Gasteiger partial charge in [-0.05, 0) is 31.2 Å². The first-order valence-corrected chi connectivity index (χ1v) is 4.80. The molecule has 1 aromatic heterocycles. The van der Waals surface area contributed by atoms with Crippen LogP contribution in [0.4, 0.5) is 13.2 Å². The maximum absolute atomic E-state index is 12.5. The van der Waals surface area contributed by atoms with Crippen LogP contribution in [0.3, 0.4) is 0 Å². The van der Waals surface area contributed by atoms with Crippen LogP contribution in [0.2, 0.25) is 0 Å². The third kappa shape index (κ3) is 2.07. The number of pyridine rings is 1. The van der Waals surface area contributed by atoms with Gasteiger partial charge >= 0.3 is 6.18 Å². The van der Waals surface area contributed by atoms with Crippen molar-refractivity contribution in [3.8, 4) is 6.07 Å². The highest BCUT2D eigenvalue weighted by Crippen LogP contribution is 2.31. The molecule has 0 amide bonds. The molecule has 0 aliphatic carbocycles. The highest BCUT2D eigenvalue weighted by atomic mass is 19.4. The molecule has 1 aromatic carbocycles. The van der Waals surface area contributed by atoms with E-state index >= 15 is 0 Å². The molecule has 2 rings (SSSR count). The Morgan fingerprint density at radius 1 is 1.24 bits per heavy atom. The molecular weight excluding hydrogens is 229 g/mol. The average Bonchev–Trinajstić information content (AvgIpc) is 2.25. The second-order valence-electron chi connectivity index (χ2n) is 3.65. The zero-order valence-electron chi connectivity index (χ0n) is 8.84. The molecule has 0 bridgehead atoms. The van der Waals surface area contributed by atoms with E-state index in [0.717, 1.165) is 12.1 Å². The molecule has 0 atom stereocenters. The van der Waals surface area contributed by atoms with Crippen molar-refractivity contribution in [3.63, 3.8) is 0 Å². The topological polar surface area (TPSA) is 36.7 Å². The first kappa shape index (κ1) is 11.4. The molecule has 5 heteroatoms. The van der Waals surface area contributed by atoms with Gasteiger partial charge in [0.1, 0.15) is 0 Å². The smallest absolute Gasteiger partial charge is 0.253 e. The Morgan fingerprint density at radius 3 is 2.53 bits per heavy atom. The Hall–Kier alpha value is -2.09. The fraction of sp³-hybridized carbons (Fsp3) is 0.167. The fourth-order valence-corrected chi connectivity index (χ4v) is 1.63. The van der Waals surface area contributed by atoms with Gasteiger partial charge in [0, 0.05) is 11.1 Å². The van der Waals surface area contributed by atoms with Crippen LogP contribution in [0.15, 0.2) is 24.3 Å². The van der Waals surface area contributed by atoms with Crippen molar-refractivity contribution in [2.45, 2.75) is 13.1 Å². The molecule has 0 fully saturated rings. The lowest BCUT2D eigenvalue weighted by Crippen LogP contribution is -2.04. The van der Waals surface area contributed by atoms with Crippen molar-refractivity contribution in [3.05, 3.63) is 41.1 Å². The molecule has 0 radical (unpaired) electrons. The number of fused-ring (bicyclic) bond motifs is 1. The summed E-state index contributed by atoms with van der Waals surface area (Å²) in [6.45, 7) is 1.69. The maximum atomic E-state index is 12.5. The van der Waals surface area contributed by atoms with E-state index in [1.165, 1.54) is 12.1 Å². The summed E-state index contributed by atoms with van der Waals surface area (Å²) in [5, 5.41) is 9.12. The molecule has 0 saturated carbocycles. The second-order valence-corrected chi connectivity index (χ2v) is 3.65. The summed E-state index contributed by atoms with van der Waals surface area (Å²) in [6, 6.07) is 6.57. The standard InChI is InChI=1S/C12H7F3N2/c1-7-4-8(6-16)10-5-9(12(13,14)15)2-3-11(10)17-7/h2-5H,1H3. The Morgan fingerprint density at radius 2 is 1.94 bits per heavy atom. The van der Waals surface area contributed by atoms with Crippen molar-refractivity contribution in [1.29, 1.82) is 5.26 Å². The molecule has 0 N–H and O–H groups in total. The van der Waals surface area contributed by atoms with Gasteiger partial charge in [-0.25, -0.2) is 0 Å². The molecule has 86 valence electrons. The number of hydrogen-bond donors (Lipinski definition) is 0. The molecule has 1 heterocycles. The van der Waals surface area contributed by atoms with E-state index in [-0.39, 0.29) is 10.9 Å². The van der Waals surface area contributed by atoms with E-state index in [0.29, 0.717) is 11.2 Å². The summed E-state index contributed by atoms with van der Waals surface area (Å²) in [5.74, 6) is 0. The number of alkyl halides is 3. The second kappa shape index (κ2) is 3.74. The quantitative estimate of drug-likeness (QED) is 0.702. The Labute approximate surface area is 95.3 Å². The molecule has 17 heavy (non-hydrogen) atoms. The van der Waals surface area contributed by atoms with Gasteiger partial charge in [0.25, 0.3) is 0 Å². The Bertz CT molecular complexity index is 624. The van der Waals surface area contributed by atoms with E-state index in [2.05, 4.69) is 4.98 Å². The Balaban J connectivity index is 2.78. The van der Waals surface area contributed by atoms with Crippen molar-refractivity contribution in [2.75, 3.05) is 0 Å². The highest BCUT2D eigenvalue weighted by molar-refractivity contribution is 5.85. The van der Waals surface area contributed by atoms with Gasteiger partial charge in [-0.15, -0.1) is 0 Å². The normalized spacial score (nSPS) is 11.5. The molecule has 0 aliphatic heterocycles. The van der Waals surface area contributed by atoms with Crippen molar-refractivity contribution < 1.29 is 13.2 Å². The minimum atomic E-state index is -4.41. The lowest BCUT2D eigenvalue weighted by Gasteiger charge is -2.08. The van der Waals surface area contributed by atoms with E-state index < -0.39 is 11.7 Å². The summed E-state index contributed by atoms with van der Waals surface area (Å²) in [6.07, 6.45) is -4.41. The third-order valence-electron chi connectivity index (χ3n) is 2.38. The molecular formula is C12H7F3N2. The van der Waals surface area contributed by atoms with Crippen LogP contribution in [0, 0.1) is 18.3 Å². The third-order valence-corrected chi connectivity index (χ3v) is 2.38. The molecule has 2 nitrogen and oxygen atoms in total. The zero-order chi connectivity index (χ0) is 12.6. The van der Waals surface area contributed by atoms with Crippen LogP contribution in [0.1, 0.15) is 16.8 Å². The number of benzene rings is 1. The summed E-state index contributed by atoms with van der Waals surface area (Å²) in [7, 11) is 0. The largest absolute Gasteiger partial charge is 0.416 e. The van der Waals surface area contributed by atoms with Crippen LogP contribution < -0.4 is 0 Å². The first-order valence-electron chi connectivity index (χ1n) is 4.80. The van der Waals surface area contributed by atoms with Crippen molar-refractivity contribution >= 4 is 10.9 Å². The number of hydrogen-bond acceptors (Lipinski definition) is 2. The van der Waals surface area contributed by atoms with Gasteiger partial charge in [0.2, 0.25) is 0 Å². The molecule has 0 unspecified atom stereocenters. The lowest BCUT2D eigenvalue weighted by molar-refractivity contribution is -0.137. The van der Waals surface area contributed by atoms with Crippen LogP contribution in [0.25, 0.3) is 10.9 Å². The van der Waals surface area contributed by atoms with Crippen molar-refractivity contribution in [2.24, 2.45) is 0 Å². The van der Waals surface area contributed by atoms with Crippen LogP contribution in [-0.4, -0.2) is 4.98 Å². The van der Waals surface area contributed by atoms with E-state index in [1.807, 2.05) is 6.07 Å². The summed E-state index contributed by atoms with van der Waals surface area (Å²) >= 11 is 0. The highest BCUT2D eigenvalue weighted by Gasteiger charge is 2.30. The van der Waals surface area contributed by atoms with Gasteiger partial charge in [0.15, 0.2) is 0 Å². The average molecular weight is 236 g/mol. The number of rotatable bonds is 0. The number of nitriles is 1. The maximum Gasteiger partial charge on any atom is 0.416 e. The Kier molecular flexibility index (Phi) is 2.50. The van der Waals surface area contributed by atoms with Gasteiger partial charge in [-0.1, -0.05) is 0 Å². The summed E-state index contributed by atoms with van der Waals surface area (Å²) in [4.78, 5) is 4.09. The van der Waals surface area contributed by atoms with E-state index in [9.17, 15) is 13.2 Å². The number of aryl methyl sites for hydroxylation is 1. The first-order chi connectivity index (χ1) is 7.91. The van der Waals surface area contributed by atoms with Gasteiger partial charge < -0.3 is 0 Å².